The Morgan fingerprint density at radius 3 is 2.50 bits per heavy atom. The lowest BCUT2D eigenvalue weighted by atomic mass is 9.79. The van der Waals surface area contributed by atoms with Crippen molar-refractivity contribution < 1.29 is 9.59 Å². The van der Waals surface area contributed by atoms with Crippen molar-refractivity contribution in [1.82, 2.24) is 9.80 Å². The third-order valence-corrected chi connectivity index (χ3v) is 4.20. The molecule has 0 aliphatic carbocycles. The number of amides is 2. The number of likely N-dealkylation sites (tertiary alicyclic amines) is 1. The fraction of sp³-hybridized carbons (Fsp3) is 0.471. The van der Waals surface area contributed by atoms with Crippen molar-refractivity contribution in [3.63, 3.8) is 0 Å². The number of rotatable bonds is 2. The highest BCUT2D eigenvalue weighted by Crippen LogP contribution is 2.35. The number of nitriles is 1. The molecule has 116 valence electrons. The molecule has 1 saturated heterocycles. The number of nitrogens with zero attached hydrogens (tertiary/aromatic N) is 3. The second-order valence-electron chi connectivity index (χ2n) is 5.96. The van der Waals surface area contributed by atoms with E-state index >= 15 is 0 Å². The quantitative estimate of drug-likeness (QED) is 0.789. The first-order valence-corrected chi connectivity index (χ1v) is 7.46. The summed E-state index contributed by atoms with van der Waals surface area (Å²) in [6.45, 7) is 1.89. The van der Waals surface area contributed by atoms with Gasteiger partial charge in [0.25, 0.3) is 0 Å². The van der Waals surface area contributed by atoms with Crippen molar-refractivity contribution in [2.45, 2.75) is 37.8 Å². The van der Waals surface area contributed by atoms with E-state index < -0.39 is 5.54 Å². The molecule has 22 heavy (non-hydrogen) atoms. The fourth-order valence-electron chi connectivity index (χ4n) is 3.06. The molecule has 0 aromatic heterocycles. The van der Waals surface area contributed by atoms with E-state index in [0.717, 1.165) is 12.8 Å². The van der Waals surface area contributed by atoms with Crippen molar-refractivity contribution in [3.05, 3.63) is 35.9 Å². The Balaban J connectivity index is 2.51. The molecule has 1 fully saturated rings. The van der Waals surface area contributed by atoms with Gasteiger partial charge in [0, 0.05) is 25.7 Å². The largest absolute Gasteiger partial charge is 0.331 e. The smallest absolute Gasteiger partial charge is 0.321 e. The maximum Gasteiger partial charge on any atom is 0.321 e. The SMILES string of the molecule is C[C@H]1CCC[C@@](C#N)(C(=O)c2ccccc2)N1C(=O)N(C)C. The van der Waals surface area contributed by atoms with Crippen LogP contribution >= 0.6 is 0 Å². The molecule has 0 radical (unpaired) electrons. The highest BCUT2D eigenvalue weighted by Gasteiger charge is 2.51. The molecule has 0 spiro atoms. The van der Waals surface area contributed by atoms with Crippen LogP contribution in [-0.4, -0.2) is 47.3 Å². The Morgan fingerprint density at radius 1 is 1.32 bits per heavy atom. The molecule has 1 heterocycles. The van der Waals surface area contributed by atoms with Crippen molar-refractivity contribution in [3.8, 4) is 6.07 Å². The summed E-state index contributed by atoms with van der Waals surface area (Å²) in [6, 6.07) is 10.5. The Bertz CT molecular complexity index is 606. The van der Waals surface area contributed by atoms with Crippen molar-refractivity contribution in [2.75, 3.05) is 14.1 Å². The van der Waals surface area contributed by atoms with Crippen LogP contribution in [0.15, 0.2) is 30.3 Å². The van der Waals surface area contributed by atoms with Crippen LogP contribution in [0.4, 0.5) is 4.79 Å². The number of hydrogen-bond acceptors (Lipinski definition) is 3. The van der Waals surface area contributed by atoms with Crippen molar-refractivity contribution in [1.29, 1.82) is 5.26 Å². The number of carbonyl (C=O) groups excluding carboxylic acids is 2. The molecular weight excluding hydrogens is 278 g/mol. The fourth-order valence-corrected chi connectivity index (χ4v) is 3.06. The van der Waals surface area contributed by atoms with Crippen LogP contribution in [0.2, 0.25) is 0 Å². The molecule has 2 rings (SSSR count). The minimum Gasteiger partial charge on any atom is -0.331 e. The van der Waals surface area contributed by atoms with Gasteiger partial charge in [-0.3, -0.25) is 9.69 Å². The minimum atomic E-state index is -1.42. The number of carbonyl (C=O) groups is 2. The van der Waals surface area contributed by atoms with Gasteiger partial charge in [-0.25, -0.2) is 4.79 Å². The zero-order chi connectivity index (χ0) is 16.3. The zero-order valence-corrected chi connectivity index (χ0v) is 13.2. The number of benzene rings is 1. The molecule has 0 bridgehead atoms. The Hall–Kier alpha value is -2.35. The van der Waals surface area contributed by atoms with Crippen LogP contribution in [0.3, 0.4) is 0 Å². The molecule has 1 aromatic carbocycles. The summed E-state index contributed by atoms with van der Waals surface area (Å²) in [6.07, 6.45) is 1.93. The molecule has 1 aromatic rings. The molecular formula is C17H21N3O2. The highest BCUT2D eigenvalue weighted by atomic mass is 16.2. The van der Waals surface area contributed by atoms with Gasteiger partial charge in [0.15, 0.2) is 5.54 Å². The first-order chi connectivity index (χ1) is 10.4. The second-order valence-corrected chi connectivity index (χ2v) is 5.96. The number of Topliss-reactive ketones (excluding diaryl/α,β-unsaturated/α-hetero) is 1. The molecule has 2 amide bonds. The average molecular weight is 299 g/mol. The van der Waals surface area contributed by atoms with Gasteiger partial charge in [-0.15, -0.1) is 0 Å². The average Bonchev–Trinajstić information content (AvgIpc) is 2.53. The van der Waals surface area contributed by atoms with E-state index in [0.29, 0.717) is 12.0 Å². The summed E-state index contributed by atoms with van der Waals surface area (Å²) in [7, 11) is 3.28. The molecule has 0 saturated carbocycles. The zero-order valence-electron chi connectivity index (χ0n) is 13.2. The predicted molar refractivity (Wildman–Crippen MR) is 83.4 cm³/mol. The minimum absolute atomic E-state index is 0.143. The maximum atomic E-state index is 13.0. The monoisotopic (exact) mass is 299 g/mol. The summed E-state index contributed by atoms with van der Waals surface area (Å²) in [5.74, 6) is -0.294. The first-order valence-electron chi connectivity index (χ1n) is 7.46. The predicted octanol–water partition coefficient (Wildman–Crippen LogP) is 2.69. The van der Waals surface area contributed by atoms with Gasteiger partial charge >= 0.3 is 6.03 Å². The summed E-state index contributed by atoms with van der Waals surface area (Å²) in [5, 5.41) is 9.81. The van der Waals surface area contributed by atoms with Gasteiger partial charge in [0.1, 0.15) is 0 Å². The van der Waals surface area contributed by atoms with Crippen LogP contribution in [0.1, 0.15) is 36.5 Å². The number of hydrogen-bond donors (Lipinski definition) is 0. The lowest BCUT2D eigenvalue weighted by molar-refractivity contribution is 0.0464. The van der Waals surface area contributed by atoms with E-state index in [1.807, 2.05) is 13.0 Å². The van der Waals surface area contributed by atoms with E-state index in [9.17, 15) is 14.9 Å². The van der Waals surface area contributed by atoms with Gasteiger partial charge < -0.3 is 4.90 Å². The molecule has 2 atom stereocenters. The third-order valence-electron chi connectivity index (χ3n) is 4.20. The van der Waals surface area contributed by atoms with E-state index in [1.54, 1.807) is 38.4 Å². The first kappa shape index (κ1) is 16.0. The molecule has 5 heteroatoms. The standard InChI is InChI=1S/C17H21N3O2/c1-13-8-7-11-17(12-18,20(13)16(22)19(2)3)15(21)14-9-5-4-6-10-14/h4-6,9-10,13H,7-8,11H2,1-3H3/t13-,17+/m0/s1. The molecule has 0 unspecified atom stereocenters. The van der Waals surface area contributed by atoms with Gasteiger partial charge in [0.05, 0.1) is 6.07 Å². The number of piperidine rings is 1. The highest BCUT2D eigenvalue weighted by molar-refractivity contribution is 6.07. The van der Waals surface area contributed by atoms with E-state index in [4.69, 9.17) is 0 Å². The number of urea groups is 1. The van der Waals surface area contributed by atoms with Crippen molar-refractivity contribution >= 4 is 11.8 Å². The molecule has 0 N–H and O–H groups in total. The van der Waals surface area contributed by atoms with Crippen LogP contribution in [0.25, 0.3) is 0 Å². The van der Waals surface area contributed by atoms with Crippen LogP contribution in [0, 0.1) is 11.3 Å². The Morgan fingerprint density at radius 2 is 1.95 bits per heavy atom. The van der Waals surface area contributed by atoms with Crippen LogP contribution in [-0.2, 0) is 0 Å². The molecule has 1 aliphatic rings. The van der Waals surface area contributed by atoms with Gasteiger partial charge in [-0.1, -0.05) is 30.3 Å². The van der Waals surface area contributed by atoms with Crippen molar-refractivity contribution in [2.24, 2.45) is 0 Å². The summed E-state index contributed by atoms with van der Waals surface area (Å²) < 4.78 is 0. The van der Waals surface area contributed by atoms with Crippen LogP contribution in [0.5, 0.6) is 0 Å². The third kappa shape index (κ3) is 2.57. The Labute approximate surface area is 131 Å². The lowest BCUT2D eigenvalue weighted by Gasteiger charge is -2.46. The molecule has 1 aliphatic heterocycles. The van der Waals surface area contributed by atoms with E-state index in [2.05, 4.69) is 6.07 Å². The van der Waals surface area contributed by atoms with E-state index in [-0.39, 0.29) is 17.9 Å². The summed E-state index contributed by atoms with van der Waals surface area (Å²) in [5.41, 5.74) is -0.949. The number of ketones is 1. The lowest BCUT2D eigenvalue weighted by Crippen LogP contribution is -2.63. The molecule has 5 nitrogen and oxygen atoms in total. The normalized spacial score (nSPS) is 24.5. The van der Waals surface area contributed by atoms with Gasteiger partial charge in [-0.2, -0.15) is 5.26 Å². The van der Waals surface area contributed by atoms with Crippen LogP contribution < -0.4 is 0 Å². The van der Waals surface area contributed by atoms with Gasteiger partial charge in [-0.05, 0) is 26.2 Å². The summed E-state index contributed by atoms with van der Waals surface area (Å²) in [4.78, 5) is 28.5. The Kier molecular flexibility index (Phi) is 4.51. The summed E-state index contributed by atoms with van der Waals surface area (Å²) >= 11 is 0. The second kappa shape index (κ2) is 6.18. The maximum absolute atomic E-state index is 13.0. The van der Waals surface area contributed by atoms with Gasteiger partial charge in [0.2, 0.25) is 5.78 Å². The van der Waals surface area contributed by atoms with E-state index in [1.165, 1.54) is 9.80 Å². The topological polar surface area (TPSA) is 64.4 Å².